The minimum atomic E-state index is -0.776. The largest absolute Gasteiger partial charge is 0.385 e. The highest BCUT2D eigenvalue weighted by Crippen LogP contribution is 2.41. The molecule has 3 atom stereocenters. The van der Waals surface area contributed by atoms with Crippen LogP contribution in [-0.2, 0) is 5.60 Å². The van der Waals surface area contributed by atoms with Crippen LogP contribution in [0.15, 0.2) is 24.3 Å². The summed E-state index contributed by atoms with van der Waals surface area (Å²) in [7, 11) is 0. The fourth-order valence-corrected chi connectivity index (χ4v) is 3.29. The number of nitriles is 1. The van der Waals surface area contributed by atoms with E-state index >= 15 is 0 Å². The van der Waals surface area contributed by atoms with Gasteiger partial charge in [-0.15, -0.1) is 0 Å². The normalized spacial score (nSPS) is 26.4. The summed E-state index contributed by atoms with van der Waals surface area (Å²) >= 11 is 0. The van der Waals surface area contributed by atoms with E-state index in [-0.39, 0.29) is 0 Å². The number of rotatable bonds is 3. The van der Waals surface area contributed by atoms with Crippen LogP contribution in [0.2, 0.25) is 0 Å². The average Bonchev–Trinajstić information content (AvgIpc) is 2.47. The van der Waals surface area contributed by atoms with Crippen molar-refractivity contribution < 1.29 is 5.11 Å². The molecule has 0 amide bonds. The van der Waals surface area contributed by atoms with Crippen LogP contribution < -0.4 is 0 Å². The molecule has 1 saturated carbocycles. The standard InChI is InChI=1S/C17H23NO/c1-3-13-5-4-6-16(11-13)17(2,19)15-9-7-14(12-18)8-10-15/h7-10,13,16,19H,3-6,11H2,1-2H3. The quantitative estimate of drug-likeness (QED) is 0.890. The summed E-state index contributed by atoms with van der Waals surface area (Å²) in [5.74, 6) is 1.09. The van der Waals surface area contributed by atoms with Gasteiger partial charge in [-0.05, 0) is 49.3 Å². The molecule has 0 aromatic heterocycles. The smallest absolute Gasteiger partial charge is 0.0991 e. The highest BCUT2D eigenvalue weighted by atomic mass is 16.3. The zero-order chi connectivity index (χ0) is 13.9. The maximum atomic E-state index is 10.9. The Labute approximate surface area is 116 Å². The zero-order valence-electron chi connectivity index (χ0n) is 11.9. The number of benzene rings is 1. The Kier molecular flexibility index (Phi) is 4.27. The van der Waals surface area contributed by atoms with Gasteiger partial charge >= 0.3 is 0 Å². The van der Waals surface area contributed by atoms with Crippen molar-refractivity contribution in [2.75, 3.05) is 0 Å². The molecule has 19 heavy (non-hydrogen) atoms. The van der Waals surface area contributed by atoms with E-state index in [0.717, 1.165) is 24.3 Å². The summed E-state index contributed by atoms with van der Waals surface area (Å²) in [5.41, 5.74) is 0.810. The van der Waals surface area contributed by atoms with Crippen molar-refractivity contribution in [2.24, 2.45) is 11.8 Å². The first kappa shape index (κ1) is 14.1. The van der Waals surface area contributed by atoms with Crippen LogP contribution in [0.3, 0.4) is 0 Å². The number of hydrogen-bond donors (Lipinski definition) is 1. The molecule has 2 heteroatoms. The summed E-state index contributed by atoms with van der Waals surface area (Å²) in [6, 6.07) is 9.50. The van der Waals surface area contributed by atoms with Crippen molar-refractivity contribution in [2.45, 2.75) is 51.6 Å². The fourth-order valence-electron chi connectivity index (χ4n) is 3.29. The molecule has 0 bridgehead atoms. The van der Waals surface area contributed by atoms with Gasteiger partial charge < -0.3 is 5.11 Å². The lowest BCUT2D eigenvalue weighted by Crippen LogP contribution is -2.35. The molecule has 1 fully saturated rings. The molecule has 102 valence electrons. The molecule has 0 heterocycles. The molecule has 3 unspecified atom stereocenters. The van der Waals surface area contributed by atoms with Gasteiger partial charge in [0.25, 0.3) is 0 Å². The van der Waals surface area contributed by atoms with Gasteiger partial charge in [0.2, 0.25) is 0 Å². The summed E-state index contributed by atoms with van der Waals surface area (Å²) in [6.45, 7) is 4.17. The second kappa shape index (κ2) is 5.75. The van der Waals surface area contributed by atoms with E-state index in [2.05, 4.69) is 13.0 Å². The van der Waals surface area contributed by atoms with Crippen molar-refractivity contribution >= 4 is 0 Å². The van der Waals surface area contributed by atoms with Crippen molar-refractivity contribution in [1.29, 1.82) is 5.26 Å². The molecule has 1 aliphatic rings. The molecule has 0 aliphatic heterocycles. The first-order valence-corrected chi connectivity index (χ1v) is 7.31. The summed E-state index contributed by atoms with van der Waals surface area (Å²) < 4.78 is 0. The van der Waals surface area contributed by atoms with Crippen molar-refractivity contribution in [3.8, 4) is 6.07 Å². The molecule has 2 nitrogen and oxygen atoms in total. The van der Waals surface area contributed by atoms with Crippen molar-refractivity contribution in [1.82, 2.24) is 0 Å². The maximum Gasteiger partial charge on any atom is 0.0991 e. The van der Waals surface area contributed by atoms with Crippen LogP contribution in [0.25, 0.3) is 0 Å². The van der Waals surface area contributed by atoms with E-state index in [0.29, 0.717) is 11.5 Å². The summed E-state index contributed by atoms with van der Waals surface area (Å²) in [5, 5.41) is 19.7. The first-order chi connectivity index (χ1) is 9.07. The van der Waals surface area contributed by atoms with Crippen molar-refractivity contribution in [3.63, 3.8) is 0 Å². The Balaban J connectivity index is 2.18. The van der Waals surface area contributed by atoms with Crippen LogP contribution in [0.1, 0.15) is 57.1 Å². The lowest BCUT2D eigenvalue weighted by Gasteiger charge is -2.39. The van der Waals surface area contributed by atoms with Crippen LogP contribution in [0, 0.1) is 23.2 Å². The second-order valence-corrected chi connectivity index (χ2v) is 5.97. The fraction of sp³-hybridized carbons (Fsp3) is 0.588. The highest BCUT2D eigenvalue weighted by Gasteiger charge is 2.36. The second-order valence-electron chi connectivity index (χ2n) is 5.97. The van der Waals surface area contributed by atoms with Crippen molar-refractivity contribution in [3.05, 3.63) is 35.4 Å². The Bertz CT molecular complexity index is 455. The molecule has 1 aliphatic carbocycles. The monoisotopic (exact) mass is 257 g/mol. The predicted molar refractivity (Wildman–Crippen MR) is 76.5 cm³/mol. The predicted octanol–water partition coefficient (Wildman–Crippen LogP) is 3.98. The van der Waals surface area contributed by atoms with E-state index in [1.807, 2.05) is 19.1 Å². The number of aliphatic hydroxyl groups is 1. The van der Waals surface area contributed by atoms with E-state index in [4.69, 9.17) is 5.26 Å². The molecule has 0 saturated heterocycles. The van der Waals surface area contributed by atoms with E-state index in [1.54, 1.807) is 12.1 Å². The van der Waals surface area contributed by atoms with Crippen LogP contribution in [0.4, 0.5) is 0 Å². The van der Waals surface area contributed by atoms with E-state index < -0.39 is 5.60 Å². The third kappa shape index (κ3) is 2.98. The minimum Gasteiger partial charge on any atom is -0.385 e. The van der Waals surface area contributed by atoms with Gasteiger partial charge in [-0.2, -0.15) is 5.26 Å². The Hall–Kier alpha value is -1.33. The Morgan fingerprint density at radius 3 is 2.58 bits per heavy atom. The maximum absolute atomic E-state index is 10.9. The molecular formula is C17H23NO. The summed E-state index contributed by atoms with van der Waals surface area (Å²) in [6.07, 6.45) is 5.94. The third-order valence-electron chi connectivity index (χ3n) is 4.75. The molecule has 1 N–H and O–H groups in total. The van der Waals surface area contributed by atoms with Crippen LogP contribution >= 0.6 is 0 Å². The van der Waals surface area contributed by atoms with Gasteiger partial charge in [0, 0.05) is 0 Å². The van der Waals surface area contributed by atoms with Gasteiger partial charge in [0.05, 0.1) is 17.2 Å². The topological polar surface area (TPSA) is 44.0 Å². The molecule has 2 rings (SSSR count). The highest BCUT2D eigenvalue weighted by molar-refractivity contribution is 5.34. The van der Waals surface area contributed by atoms with Gasteiger partial charge in [-0.25, -0.2) is 0 Å². The SMILES string of the molecule is CCC1CCCC(C(C)(O)c2ccc(C#N)cc2)C1. The van der Waals surface area contributed by atoms with Crippen LogP contribution in [-0.4, -0.2) is 5.11 Å². The Morgan fingerprint density at radius 2 is 2.00 bits per heavy atom. The zero-order valence-corrected chi connectivity index (χ0v) is 11.9. The number of nitrogens with zero attached hydrogens (tertiary/aromatic N) is 1. The molecule has 1 aromatic rings. The van der Waals surface area contributed by atoms with Crippen LogP contribution in [0.5, 0.6) is 0 Å². The van der Waals surface area contributed by atoms with E-state index in [1.165, 1.54) is 19.3 Å². The first-order valence-electron chi connectivity index (χ1n) is 7.31. The van der Waals surface area contributed by atoms with Gasteiger partial charge in [-0.1, -0.05) is 38.3 Å². The Morgan fingerprint density at radius 1 is 1.32 bits per heavy atom. The molecule has 0 spiro atoms. The van der Waals surface area contributed by atoms with Gasteiger partial charge in [0.1, 0.15) is 0 Å². The molecular weight excluding hydrogens is 234 g/mol. The van der Waals surface area contributed by atoms with E-state index in [9.17, 15) is 5.11 Å². The third-order valence-corrected chi connectivity index (χ3v) is 4.75. The summed E-state index contributed by atoms with van der Waals surface area (Å²) in [4.78, 5) is 0. The molecule has 0 radical (unpaired) electrons. The minimum absolute atomic E-state index is 0.333. The molecule has 1 aromatic carbocycles. The lowest BCUT2D eigenvalue weighted by molar-refractivity contribution is -0.0311. The number of hydrogen-bond acceptors (Lipinski definition) is 2. The average molecular weight is 257 g/mol. The van der Waals surface area contributed by atoms with Gasteiger partial charge in [-0.3, -0.25) is 0 Å². The lowest BCUT2D eigenvalue weighted by atomic mass is 9.70. The van der Waals surface area contributed by atoms with Gasteiger partial charge in [0.15, 0.2) is 0 Å².